The lowest BCUT2D eigenvalue weighted by Gasteiger charge is -2.12. The normalized spacial score (nSPS) is 11.7. The molecule has 2 N–H and O–H groups in total. The minimum Gasteiger partial charge on any atom is -0.410 e. The van der Waals surface area contributed by atoms with Gasteiger partial charge in [0.1, 0.15) is 5.75 Å². The number of para-hydroxylation sites is 1. The molecule has 0 aliphatic heterocycles. The SMILES string of the molecule is CNC(C)c1cccc(NC(=O)Oc2ccccc2)c1. The number of hydrogen-bond acceptors (Lipinski definition) is 3. The van der Waals surface area contributed by atoms with E-state index in [9.17, 15) is 4.79 Å². The summed E-state index contributed by atoms with van der Waals surface area (Å²) >= 11 is 0. The second kappa shape index (κ2) is 6.73. The second-order valence-electron chi connectivity index (χ2n) is 4.46. The van der Waals surface area contributed by atoms with Crippen molar-refractivity contribution in [2.75, 3.05) is 12.4 Å². The molecule has 0 spiro atoms. The van der Waals surface area contributed by atoms with Gasteiger partial charge in [0.2, 0.25) is 0 Å². The summed E-state index contributed by atoms with van der Waals surface area (Å²) in [5.41, 5.74) is 1.82. The molecule has 2 rings (SSSR count). The summed E-state index contributed by atoms with van der Waals surface area (Å²) in [7, 11) is 1.90. The first-order chi connectivity index (χ1) is 9.69. The van der Waals surface area contributed by atoms with E-state index in [1.165, 1.54) is 0 Å². The van der Waals surface area contributed by atoms with Crippen LogP contribution >= 0.6 is 0 Å². The molecule has 104 valence electrons. The highest BCUT2D eigenvalue weighted by Gasteiger charge is 2.07. The van der Waals surface area contributed by atoms with Crippen LogP contribution in [-0.4, -0.2) is 13.1 Å². The van der Waals surface area contributed by atoms with Gasteiger partial charge in [-0.2, -0.15) is 0 Å². The first-order valence-corrected chi connectivity index (χ1v) is 6.50. The second-order valence-corrected chi connectivity index (χ2v) is 4.46. The van der Waals surface area contributed by atoms with Crippen molar-refractivity contribution in [1.29, 1.82) is 0 Å². The van der Waals surface area contributed by atoms with Crippen LogP contribution in [0.3, 0.4) is 0 Å². The number of rotatable bonds is 4. The van der Waals surface area contributed by atoms with Gasteiger partial charge < -0.3 is 10.1 Å². The van der Waals surface area contributed by atoms with Crippen LogP contribution in [0.25, 0.3) is 0 Å². The van der Waals surface area contributed by atoms with E-state index in [0.29, 0.717) is 11.4 Å². The van der Waals surface area contributed by atoms with E-state index in [2.05, 4.69) is 17.6 Å². The summed E-state index contributed by atoms with van der Waals surface area (Å²) in [5, 5.41) is 5.88. The molecule has 0 aliphatic carbocycles. The smallest absolute Gasteiger partial charge is 0.410 e. The van der Waals surface area contributed by atoms with E-state index in [0.717, 1.165) is 5.56 Å². The van der Waals surface area contributed by atoms with Crippen molar-refractivity contribution in [2.24, 2.45) is 0 Å². The molecule has 0 bridgehead atoms. The predicted octanol–water partition coefficient (Wildman–Crippen LogP) is 3.58. The number of amides is 1. The summed E-state index contributed by atoms with van der Waals surface area (Å²) in [6.07, 6.45) is -0.495. The predicted molar refractivity (Wildman–Crippen MR) is 80.0 cm³/mol. The van der Waals surface area contributed by atoms with Gasteiger partial charge in [0.25, 0.3) is 0 Å². The molecule has 1 amide bonds. The fourth-order valence-electron chi connectivity index (χ4n) is 1.79. The van der Waals surface area contributed by atoms with E-state index >= 15 is 0 Å². The van der Waals surface area contributed by atoms with E-state index < -0.39 is 6.09 Å². The summed E-state index contributed by atoms with van der Waals surface area (Å²) in [6.45, 7) is 2.06. The van der Waals surface area contributed by atoms with E-state index in [1.54, 1.807) is 12.1 Å². The van der Waals surface area contributed by atoms with Crippen molar-refractivity contribution in [2.45, 2.75) is 13.0 Å². The van der Waals surface area contributed by atoms with E-state index in [-0.39, 0.29) is 6.04 Å². The molecular formula is C16H18N2O2. The van der Waals surface area contributed by atoms with E-state index in [1.807, 2.05) is 49.5 Å². The third kappa shape index (κ3) is 3.83. The fraction of sp³-hybridized carbons (Fsp3) is 0.188. The zero-order chi connectivity index (χ0) is 14.4. The van der Waals surface area contributed by atoms with Gasteiger partial charge in [-0.15, -0.1) is 0 Å². The largest absolute Gasteiger partial charge is 0.417 e. The summed E-state index contributed by atoms with van der Waals surface area (Å²) in [6, 6.07) is 16.9. The van der Waals surface area contributed by atoms with Crippen LogP contribution in [-0.2, 0) is 0 Å². The topological polar surface area (TPSA) is 50.4 Å². The molecule has 0 aromatic heterocycles. The molecule has 0 radical (unpaired) electrons. The van der Waals surface area contributed by atoms with Gasteiger partial charge in [-0.3, -0.25) is 5.32 Å². The Balaban J connectivity index is 2.01. The van der Waals surface area contributed by atoms with Gasteiger partial charge >= 0.3 is 6.09 Å². The molecule has 0 aliphatic rings. The van der Waals surface area contributed by atoms with Crippen molar-refractivity contribution in [3.63, 3.8) is 0 Å². The Morgan fingerprint density at radius 1 is 1.10 bits per heavy atom. The standard InChI is InChI=1S/C16H18N2O2/c1-12(17-2)13-7-6-8-14(11-13)18-16(19)20-15-9-4-3-5-10-15/h3-12,17H,1-2H3,(H,18,19). The van der Waals surface area contributed by atoms with Crippen molar-refractivity contribution in [3.05, 3.63) is 60.2 Å². The van der Waals surface area contributed by atoms with Crippen molar-refractivity contribution < 1.29 is 9.53 Å². The molecule has 0 heterocycles. The molecule has 1 unspecified atom stereocenters. The Bertz CT molecular complexity index is 570. The number of benzene rings is 2. The Morgan fingerprint density at radius 3 is 2.55 bits per heavy atom. The quantitative estimate of drug-likeness (QED) is 0.892. The molecule has 4 nitrogen and oxygen atoms in total. The highest BCUT2D eigenvalue weighted by molar-refractivity contribution is 5.86. The Morgan fingerprint density at radius 2 is 1.85 bits per heavy atom. The minimum absolute atomic E-state index is 0.224. The molecule has 1 atom stereocenters. The number of ether oxygens (including phenoxy) is 1. The first-order valence-electron chi connectivity index (χ1n) is 6.50. The lowest BCUT2D eigenvalue weighted by atomic mass is 10.1. The average Bonchev–Trinajstić information content (AvgIpc) is 2.47. The number of anilines is 1. The maximum atomic E-state index is 11.8. The fourth-order valence-corrected chi connectivity index (χ4v) is 1.79. The zero-order valence-corrected chi connectivity index (χ0v) is 11.6. The lowest BCUT2D eigenvalue weighted by molar-refractivity contribution is 0.215. The molecule has 0 fully saturated rings. The summed E-state index contributed by atoms with van der Waals surface area (Å²) in [5.74, 6) is 0.518. The highest BCUT2D eigenvalue weighted by atomic mass is 16.6. The van der Waals surface area contributed by atoms with Crippen molar-refractivity contribution >= 4 is 11.8 Å². The van der Waals surface area contributed by atoms with Crippen LogP contribution in [0.4, 0.5) is 10.5 Å². The van der Waals surface area contributed by atoms with Crippen LogP contribution in [0.2, 0.25) is 0 Å². The van der Waals surface area contributed by atoms with Crippen molar-refractivity contribution in [3.8, 4) is 5.75 Å². The maximum absolute atomic E-state index is 11.8. The lowest BCUT2D eigenvalue weighted by Crippen LogP contribution is -2.17. The van der Waals surface area contributed by atoms with Crippen LogP contribution < -0.4 is 15.4 Å². The average molecular weight is 270 g/mol. The van der Waals surface area contributed by atoms with Gasteiger partial charge in [0.15, 0.2) is 0 Å². The Hall–Kier alpha value is -2.33. The van der Waals surface area contributed by atoms with Gasteiger partial charge in [-0.25, -0.2) is 4.79 Å². The number of hydrogen-bond donors (Lipinski definition) is 2. The highest BCUT2D eigenvalue weighted by Crippen LogP contribution is 2.17. The van der Waals surface area contributed by atoms with Gasteiger partial charge in [0.05, 0.1) is 0 Å². The van der Waals surface area contributed by atoms with Crippen LogP contribution in [0.5, 0.6) is 5.75 Å². The molecule has 0 saturated heterocycles. The molecular weight excluding hydrogens is 252 g/mol. The molecule has 2 aromatic carbocycles. The van der Waals surface area contributed by atoms with E-state index in [4.69, 9.17) is 4.74 Å². The third-order valence-corrected chi connectivity index (χ3v) is 3.02. The molecule has 2 aromatic rings. The number of carbonyl (C=O) groups is 1. The first kappa shape index (κ1) is 14.1. The van der Waals surface area contributed by atoms with Crippen LogP contribution in [0, 0.1) is 0 Å². The van der Waals surface area contributed by atoms with Crippen LogP contribution in [0.1, 0.15) is 18.5 Å². The molecule has 20 heavy (non-hydrogen) atoms. The summed E-state index contributed by atoms with van der Waals surface area (Å²) in [4.78, 5) is 11.8. The molecule has 4 heteroatoms. The van der Waals surface area contributed by atoms with Gasteiger partial charge in [-0.05, 0) is 43.8 Å². The maximum Gasteiger partial charge on any atom is 0.417 e. The third-order valence-electron chi connectivity index (χ3n) is 3.02. The number of carbonyl (C=O) groups excluding carboxylic acids is 1. The summed E-state index contributed by atoms with van der Waals surface area (Å²) < 4.78 is 5.18. The molecule has 0 saturated carbocycles. The Kier molecular flexibility index (Phi) is 4.74. The Labute approximate surface area is 118 Å². The van der Waals surface area contributed by atoms with Gasteiger partial charge in [0, 0.05) is 11.7 Å². The number of nitrogens with one attached hydrogen (secondary N) is 2. The van der Waals surface area contributed by atoms with Crippen LogP contribution in [0.15, 0.2) is 54.6 Å². The zero-order valence-electron chi connectivity index (χ0n) is 11.6. The minimum atomic E-state index is -0.495. The van der Waals surface area contributed by atoms with Crippen molar-refractivity contribution in [1.82, 2.24) is 5.32 Å². The van der Waals surface area contributed by atoms with Gasteiger partial charge in [-0.1, -0.05) is 30.3 Å². The monoisotopic (exact) mass is 270 g/mol.